The summed E-state index contributed by atoms with van der Waals surface area (Å²) in [6.07, 6.45) is 3.54. The van der Waals surface area contributed by atoms with Crippen LogP contribution in [0.15, 0.2) is 30.3 Å². The lowest BCUT2D eigenvalue weighted by molar-refractivity contribution is -0.127. The summed E-state index contributed by atoms with van der Waals surface area (Å²) in [5.74, 6) is -0.0617. The molecule has 1 aromatic rings. The number of benzene rings is 1. The Kier molecular flexibility index (Phi) is 5.39. The van der Waals surface area contributed by atoms with E-state index >= 15 is 0 Å². The van der Waals surface area contributed by atoms with E-state index in [9.17, 15) is 9.90 Å². The summed E-state index contributed by atoms with van der Waals surface area (Å²) in [6, 6.07) is 7.38. The maximum Gasteiger partial charge on any atom is 0.246 e. The molecular formula is C16H21ClN2O2. The number of rotatable bonds is 4. The number of amides is 1. The van der Waals surface area contributed by atoms with Gasteiger partial charge in [-0.15, -0.1) is 0 Å². The minimum Gasteiger partial charge on any atom is -0.391 e. The number of halogens is 1. The lowest BCUT2D eigenvalue weighted by Gasteiger charge is -2.25. The molecule has 2 rings (SSSR count). The van der Waals surface area contributed by atoms with Gasteiger partial charge >= 0.3 is 0 Å². The highest BCUT2D eigenvalue weighted by Gasteiger charge is 2.33. The Morgan fingerprint density at radius 2 is 2.10 bits per heavy atom. The highest BCUT2D eigenvalue weighted by molar-refractivity contribution is 6.30. The average molecular weight is 309 g/mol. The molecule has 1 fully saturated rings. The van der Waals surface area contributed by atoms with Crippen molar-refractivity contribution in [3.05, 3.63) is 40.9 Å². The van der Waals surface area contributed by atoms with Crippen LogP contribution >= 0.6 is 11.6 Å². The number of nitrogens with zero attached hydrogens (tertiary/aromatic N) is 2. The second-order valence-electron chi connectivity index (χ2n) is 5.68. The van der Waals surface area contributed by atoms with Gasteiger partial charge in [-0.1, -0.05) is 23.7 Å². The first-order chi connectivity index (χ1) is 9.95. The first-order valence-corrected chi connectivity index (χ1v) is 7.40. The van der Waals surface area contributed by atoms with E-state index in [0.29, 0.717) is 18.0 Å². The fourth-order valence-corrected chi connectivity index (χ4v) is 2.72. The van der Waals surface area contributed by atoms with Crippen molar-refractivity contribution in [2.75, 3.05) is 27.2 Å². The predicted molar refractivity (Wildman–Crippen MR) is 85.2 cm³/mol. The zero-order chi connectivity index (χ0) is 15.4. The number of carbonyl (C=O) groups is 1. The quantitative estimate of drug-likeness (QED) is 0.864. The Morgan fingerprint density at radius 1 is 1.43 bits per heavy atom. The van der Waals surface area contributed by atoms with Gasteiger partial charge in [0, 0.05) is 30.2 Å². The Labute approximate surface area is 130 Å². The van der Waals surface area contributed by atoms with Crippen molar-refractivity contribution in [1.29, 1.82) is 0 Å². The smallest absolute Gasteiger partial charge is 0.246 e. The van der Waals surface area contributed by atoms with E-state index in [1.54, 1.807) is 29.2 Å². The van der Waals surface area contributed by atoms with Crippen LogP contribution in [0.1, 0.15) is 12.0 Å². The van der Waals surface area contributed by atoms with Crippen molar-refractivity contribution in [3.63, 3.8) is 0 Å². The molecule has 2 unspecified atom stereocenters. The van der Waals surface area contributed by atoms with Gasteiger partial charge < -0.3 is 14.9 Å². The van der Waals surface area contributed by atoms with Crippen LogP contribution in [0.2, 0.25) is 5.02 Å². The van der Waals surface area contributed by atoms with E-state index in [4.69, 9.17) is 11.6 Å². The molecule has 4 nitrogen and oxygen atoms in total. The summed E-state index contributed by atoms with van der Waals surface area (Å²) in [7, 11) is 3.94. The van der Waals surface area contributed by atoms with E-state index in [-0.39, 0.29) is 11.9 Å². The topological polar surface area (TPSA) is 43.8 Å². The molecule has 0 aromatic heterocycles. The van der Waals surface area contributed by atoms with Gasteiger partial charge in [0.25, 0.3) is 0 Å². The molecule has 0 saturated carbocycles. The molecule has 114 valence electrons. The Balaban J connectivity index is 2.02. The number of hydrogen-bond donors (Lipinski definition) is 1. The normalized spacial score (nSPS) is 22.4. The fraction of sp³-hybridized carbons (Fsp3) is 0.438. The molecular weight excluding hydrogens is 288 g/mol. The second-order valence-corrected chi connectivity index (χ2v) is 6.12. The number of hydrogen-bond acceptors (Lipinski definition) is 3. The molecule has 1 N–H and O–H groups in total. The number of likely N-dealkylation sites (N-methyl/N-ethyl adjacent to an activating group) is 1. The van der Waals surface area contributed by atoms with Crippen molar-refractivity contribution in [2.24, 2.45) is 0 Å². The third kappa shape index (κ3) is 4.56. The number of likely N-dealkylation sites (tertiary alicyclic amines) is 1. The van der Waals surface area contributed by atoms with Crippen molar-refractivity contribution in [1.82, 2.24) is 9.80 Å². The summed E-state index contributed by atoms with van der Waals surface area (Å²) < 4.78 is 0. The van der Waals surface area contributed by atoms with Gasteiger partial charge in [0.15, 0.2) is 0 Å². The second kappa shape index (κ2) is 7.07. The van der Waals surface area contributed by atoms with Gasteiger partial charge in [-0.2, -0.15) is 0 Å². The van der Waals surface area contributed by atoms with Gasteiger partial charge in [-0.05, 0) is 44.3 Å². The van der Waals surface area contributed by atoms with Gasteiger partial charge in [0.05, 0.1) is 6.10 Å². The largest absolute Gasteiger partial charge is 0.391 e. The summed E-state index contributed by atoms with van der Waals surface area (Å²) in [6.45, 7) is 1.17. The van der Waals surface area contributed by atoms with Gasteiger partial charge in [0.1, 0.15) is 0 Å². The molecule has 0 aliphatic carbocycles. The van der Waals surface area contributed by atoms with Crippen LogP contribution < -0.4 is 0 Å². The van der Waals surface area contributed by atoms with E-state index in [2.05, 4.69) is 0 Å². The summed E-state index contributed by atoms with van der Waals surface area (Å²) in [4.78, 5) is 16.1. The van der Waals surface area contributed by atoms with Crippen molar-refractivity contribution < 1.29 is 9.90 Å². The molecule has 1 heterocycles. The Bertz CT molecular complexity index is 514. The number of aliphatic hydroxyl groups excluding tert-OH is 1. The molecule has 5 heteroatoms. The first-order valence-electron chi connectivity index (χ1n) is 7.03. The minimum absolute atomic E-state index is 0.0617. The maximum absolute atomic E-state index is 12.3. The van der Waals surface area contributed by atoms with E-state index in [1.807, 2.05) is 31.1 Å². The fourth-order valence-electron chi connectivity index (χ4n) is 2.59. The van der Waals surface area contributed by atoms with Crippen LogP contribution in [0.4, 0.5) is 0 Å². The number of β-amino-alcohol motifs (C(OH)–C–C–N with tert-alkyl or cyclic N) is 1. The van der Waals surface area contributed by atoms with Crippen molar-refractivity contribution in [2.45, 2.75) is 18.6 Å². The molecule has 1 amide bonds. The van der Waals surface area contributed by atoms with Gasteiger partial charge in [-0.3, -0.25) is 4.79 Å². The third-order valence-corrected chi connectivity index (χ3v) is 3.79. The maximum atomic E-state index is 12.3. The van der Waals surface area contributed by atoms with Crippen LogP contribution in [-0.4, -0.2) is 60.1 Å². The average Bonchev–Trinajstić information content (AvgIpc) is 2.78. The van der Waals surface area contributed by atoms with Crippen LogP contribution in [0, 0.1) is 0 Å². The Hall–Kier alpha value is -1.36. The highest BCUT2D eigenvalue weighted by atomic mass is 35.5. The SMILES string of the molecule is CN(C)CC1CC(O)CN1C(=O)C=Cc1ccc(Cl)cc1. The van der Waals surface area contributed by atoms with E-state index in [0.717, 1.165) is 12.1 Å². The molecule has 1 aliphatic heterocycles. The lowest BCUT2D eigenvalue weighted by atomic mass is 10.2. The summed E-state index contributed by atoms with van der Waals surface area (Å²) in [5, 5.41) is 10.5. The zero-order valence-corrected chi connectivity index (χ0v) is 13.1. The predicted octanol–water partition coefficient (Wildman–Crippen LogP) is 1.88. The standard InChI is InChI=1S/C16H21ClN2O2/c1-18(2)10-14-9-15(20)11-19(14)16(21)8-5-12-3-6-13(17)7-4-12/h3-8,14-15,20H,9-11H2,1-2H3. The lowest BCUT2D eigenvalue weighted by Crippen LogP contribution is -2.40. The van der Waals surface area contributed by atoms with Gasteiger partial charge in [0.2, 0.25) is 5.91 Å². The molecule has 0 bridgehead atoms. The third-order valence-electron chi connectivity index (χ3n) is 3.54. The van der Waals surface area contributed by atoms with E-state index < -0.39 is 6.10 Å². The van der Waals surface area contributed by atoms with Crippen LogP contribution in [0.25, 0.3) is 6.08 Å². The molecule has 0 spiro atoms. The summed E-state index contributed by atoms with van der Waals surface area (Å²) >= 11 is 5.83. The molecule has 1 saturated heterocycles. The first kappa shape index (κ1) is 16.0. The molecule has 0 radical (unpaired) electrons. The molecule has 1 aromatic carbocycles. The van der Waals surface area contributed by atoms with Crippen LogP contribution in [0.3, 0.4) is 0 Å². The van der Waals surface area contributed by atoms with Crippen LogP contribution in [0.5, 0.6) is 0 Å². The monoisotopic (exact) mass is 308 g/mol. The number of aliphatic hydroxyl groups is 1. The highest BCUT2D eigenvalue weighted by Crippen LogP contribution is 2.19. The zero-order valence-electron chi connectivity index (χ0n) is 12.4. The van der Waals surface area contributed by atoms with E-state index in [1.165, 1.54) is 0 Å². The Morgan fingerprint density at radius 3 is 2.71 bits per heavy atom. The molecule has 21 heavy (non-hydrogen) atoms. The van der Waals surface area contributed by atoms with Crippen LogP contribution in [-0.2, 0) is 4.79 Å². The van der Waals surface area contributed by atoms with Crippen molar-refractivity contribution in [3.8, 4) is 0 Å². The van der Waals surface area contributed by atoms with Gasteiger partial charge in [-0.25, -0.2) is 0 Å². The minimum atomic E-state index is -0.428. The van der Waals surface area contributed by atoms with Crippen molar-refractivity contribution >= 4 is 23.6 Å². The summed E-state index contributed by atoms with van der Waals surface area (Å²) in [5.41, 5.74) is 0.927. The number of carbonyl (C=O) groups excluding carboxylic acids is 1. The molecule has 1 aliphatic rings. The molecule has 2 atom stereocenters.